The van der Waals surface area contributed by atoms with E-state index in [4.69, 9.17) is 4.74 Å². The molecule has 0 radical (unpaired) electrons. The molecule has 0 unspecified atom stereocenters. The second-order valence-corrected chi connectivity index (χ2v) is 6.19. The Bertz CT molecular complexity index is 875. The number of nitrogens with zero attached hydrogens (tertiary/aromatic N) is 3. The van der Waals surface area contributed by atoms with Gasteiger partial charge in [0.15, 0.2) is 6.61 Å². The first-order chi connectivity index (χ1) is 13.4. The number of fused-ring (bicyclic) bond motifs is 1. The molecular weight excluding hydrogens is 358 g/mol. The summed E-state index contributed by atoms with van der Waals surface area (Å²) in [5.74, 6) is -1.23. The van der Waals surface area contributed by atoms with Gasteiger partial charge < -0.3 is 14.5 Å². The Labute approximate surface area is 164 Å². The average molecular weight is 383 g/mol. The Morgan fingerprint density at radius 2 is 1.75 bits per heavy atom. The van der Waals surface area contributed by atoms with Crippen LogP contribution in [0.3, 0.4) is 0 Å². The van der Waals surface area contributed by atoms with Gasteiger partial charge in [0.05, 0.1) is 17.8 Å². The van der Waals surface area contributed by atoms with Crippen molar-refractivity contribution < 1.29 is 19.1 Å². The minimum atomic E-state index is -0.647. The standard InChI is InChI=1S/C21H25N3O4/c1-4-24(5-2)19(25)14-23(3)20(26)15-28-21(27)13-12-17-11-10-16-8-6-7-9-18(16)22-17/h6-13H,4-5,14-15H2,1-3H3/b13-12+. The van der Waals surface area contributed by atoms with E-state index in [2.05, 4.69) is 4.98 Å². The van der Waals surface area contributed by atoms with E-state index in [-0.39, 0.29) is 12.5 Å². The van der Waals surface area contributed by atoms with Gasteiger partial charge >= 0.3 is 5.97 Å². The molecule has 7 nitrogen and oxygen atoms in total. The Hall–Kier alpha value is -3.22. The van der Waals surface area contributed by atoms with Crippen LogP contribution >= 0.6 is 0 Å². The van der Waals surface area contributed by atoms with Crippen molar-refractivity contribution in [3.05, 3.63) is 48.2 Å². The molecule has 7 heteroatoms. The number of carbonyl (C=O) groups excluding carboxylic acids is 3. The number of likely N-dealkylation sites (N-methyl/N-ethyl adjacent to an activating group) is 2. The normalized spacial score (nSPS) is 10.8. The lowest BCUT2D eigenvalue weighted by Gasteiger charge is -2.23. The first-order valence-electron chi connectivity index (χ1n) is 9.17. The van der Waals surface area contributed by atoms with Crippen LogP contribution in [0.15, 0.2) is 42.5 Å². The smallest absolute Gasteiger partial charge is 0.331 e. The van der Waals surface area contributed by atoms with Crippen molar-refractivity contribution in [1.82, 2.24) is 14.8 Å². The molecule has 2 aromatic rings. The van der Waals surface area contributed by atoms with Crippen LogP contribution < -0.4 is 0 Å². The largest absolute Gasteiger partial charge is 0.452 e. The number of carbonyl (C=O) groups is 3. The fraction of sp³-hybridized carbons (Fsp3) is 0.333. The zero-order valence-electron chi connectivity index (χ0n) is 16.4. The number of aromatic nitrogens is 1. The monoisotopic (exact) mass is 383 g/mol. The maximum absolute atomic E-state index is 12.0. The third kappa shape index (κ3) is 5.90. The number of hydrogen-bond donors (Lipinski definition) is 0. The number of ether oxygens (including phenoxy) is 1. The number of pyridine rings is 1. The quantitative estimate of drug-likeness (QED) is 0.515. The molecule has 0 atom stereocenters. The van der Waals surface area contributed by atoms with Gasteiger partial charge in [-0.2, -0.15) is 0 Å². The lowest BCUT2D eigenvalue weighted by Crippen LogP contribution is -2.42. The van der Waals surface area contributed by atoms with Crippen LogP contribution in [0.5, 0.6) is 0 Å². The SMILES string of the molecule is CCN(CC)C(=O)CN(C)C(=O)COC(=O)/C=C/c1ccc2ccccc2n1. The van der Waals surface area contributed by atoms with E-state index >= 15 is 0 Å². The number of esters is 1. The lowest BCUT2D eigenvalue weighted by atomic mass is 10.2. The summed E-state index contributed by atoms with van der Waals surface area (Å²) >= 11 is 0. The highest BCUT2D eigenvalue weighted by Gasteiger charge is 2.17. The van der Waals surface area contributed by atoms with Crippen LogP contribution in [0.25, 0.3) is 17.0 Å². The highest BCUT2D eigenvalue weighted by atomic mass is 16.5. The van der Waals surface area contributed by atoms with Crippen LogP contribution in [-0.2, 0) is 19.1 Å². The summed E-state index contributed by atoms with van der Waals surface area (Å²) in [5.41, 5.74) is 1.44. The summed E-state index contributed by atoms with van der Waals surface area (Å²) < 4.78 is 4.96. The summed E-state index contributed by atoms with van der Waals surface area (Å²) in [6.45, 7) is 4.45. The molecular formula is C21H25N3O4. The molecule has 148 valence electrons. The van der Waals surface area contributed by atoms with E-state index in [1.165, 1.54) is 24.1 Å². The second-order valence-electron chi connectivity index (χ2n) is 6.19. The summed E-state index contributed by atoms with van der Waals surface area (Å²) in [7, 11) is 1.51. The average Bonchev–Trinajstić information content (AvgIpc) is 2.71. The molecule has 0 fully saturated rings. The molecule has 0 saturated carbocycles. The topological polar surface area (TPSA) is 79.8 Å². The van der Waals surface area contributed by atoms with Gasteiger partial charge in [0.1, 0.15) is 0 Å². The molecule has 28 heavy (non-hydrogen) atoms. The summed E-state index contributed by atoms with van der Waals surface area (Å²) in [6, 6.07) is 11.4. The maximum atomic E-state index is 12.0. The van der Waals surface area contributed by atoms with Crippen LogP contribution in [0.4, 0.5) is 0 Å². The Kier molecular flexibility index (Phi) is 7.68. The summed E-state index contributed by atoms with van der Waals surface area (Å²) in [6.07, 6.45) is 2.76. The second kappa shape index (κ2) is 10.2. The minimum Gasteiger partial charge on any atom is -0.452 e. The molecule has 0 aliphatic rings. The van der Waals surface area contributed by atoms with Gasteiger partial charge in [0.2, 0.25) is 5.91 Å². The molecule has 1 aromatic heterocycles. The van der Waals surface area contributed by atoms with Crippen molar-refractivity contribution in [2.24, 2.45) is 0 Å². The van der Waals surface area contributed by atoms with Crippen LogP contribution in [0, 0.1) is 0 Å². The Morgan fingerprint density at radius 3 is 2.46 bits per heavy atom. The molecule has 0 bridgehead atoms. The number of hydrogen-bond acceptors (Lipinski definition) is 5. The molecule has 0 aliphatic heterocycles. The maximum Gasteiger partial charge on any atom is 0.331 e. The van der Waals surface area contributed by atoms with Crippen molar-refractivity contribution >= 4 is 34.8 Å². The van der Waals surface area contributed by atoms with E-state index in [9.17, 15) is 14.4 Å². The van der Waals surface area contributed by atoms with E-state index < -0.39 is 18.5 Å². The van der Waals surface area contributed by atoms with Crippen LogP contribution in [0.2, 0.25) is 0 Å². The summed E-state index contributed by atoms with van der Waals surface area (Å²) in [4.78, 5) is 43.2. The van der Waals surface area contributed by atoms with Gasteiger partial charge in [-0.3, -0.25) is 9.59 Å². The highest BCUT2D eigenvalue weighted by molar-refractivity contribution is 5.90. The number of para-hydroxylation sites is 1. The fourth-order valence-corrected chi connectivity index (χ4v) is 2.59. The Balaban J connectivity index is 1.84. The van der Waals surface area contributed by atoms with Gasteiger partial charge in [-0.1, -0.05) is 24.3 Å². The van der Waals surface area contributed by atoms with Crippen molar-refractivity contribution in [1.29, 1.82) is 0 Å². The van der Waals surface area contributed by atoms with Gasteiger partial charge in [0, 0.05) is 31.6 Å². The van der Waals surface area contributed by atoms with Crippen molar-refractivity contribution in [2.45, 2.75) is 13.8 Å². The predicted molar refractivity (Wildman–Crippen MR) is 107 cm³/mol. The molecule has 1 heterocycles. The Morgan fingerprint density at radius 1 is 1.04 bits per heavy atom. The van der Waals surface area contributed by atoms with Gasteiger partial charge in [-0.15, -0.1) is 0 Å². The molecule has 0 saturated heterocycles. The molecule has 0 aliphatic carbocycles. The van der Waals surface area contributed by atoms with Crippen LogP contribution in [-0.4, -0.2) is 65.9 Å². The van der Waals surface area contributed by atoms with Crippen molar-refractivity contribution in [3.63, 3.8) is 0 Å². The predicted octanol–water partition coefficient (Wildman–Crippen LogP) is 2.12. The van der Waals surface area contributed by atoms with E-state index in [1.54, 1.807) is 11.0 Å². The first-order valence-corrected chi connectivity index (χ1v) is 9.17. The van der Waals surface area contributed by atoms with E-state index in [1.807, 2.05) is 44.2 Å². The molecule has 0 spiro atoms. The number of rotatable bonds is 8. The molecule has 0 N–H and O–H groups in total. The van der Waals surface area contributed by atoms with Crippen LogP contribution in [0.1, 0.15) is 19.5 Å². The molecule has 2 rings (SSSR count). The zero-order valence-corrected chi connectivity index (χ0v) is 16.4. The minimum absolute atomic E-state index is 0.0467. The highest BCUT2D eigenvalue weighted by Crippen LogP contribution is 2.12. The van der Waals surface area contributed by atoms with Gasteiger partial charge in [0.25, 0.3) is 5.91 Å². The molecule has 2 amide bonds. The molecule has 1 aromatic carbocycles. The van der Waals surface area contributed by atoms with Crippen molar-refractivity contribution in [2.75, 3.05) is 33.3 Å². The fourth-order valence-electron chi connectivity index (χ4n) is 2.59. The van der Waals surface area contributed by atoms with Gasteiger partial charge in [-0.25, -0.2) is 9.78 Å². The zero-order chi connectivity index (χ0) is 20.5. The van der Waals surface area contributed by atoms with Gasteiger partial charge in [-0.05, 0) is 32.1 Å². The number of amides is 2. The third-order valence-corrected chi connectivity index (χ3v) is 4.26. The first kappa shape index (κ1) is 21.1. The van der Waals surface area contributed by atoms with Crippen molar-refractivity contribution in [3.8, 4) is 0 Å². The van der Waals surface area contributed by atoms with E-state index in [0.717, 1.165) is 10.9 Å². The van der Waals surface area contributed by atoms with E-state index in [0.29, 0.717) is 18.8 Å². The summed E-state index contributed by atoms with van der Waals surface area (Å²) in [5, 5.41) is 1.01. The third-order valence-electron chi connectivity index (χ3n) is 4.26. The lowest BCUT2D eigenvalue weighted by molar-refractivity contribution is -0.149. The number of benzene rings is 1.